The van der Waals surface area contributed by atoms with Crippen LogP contribution in [0, 0.1) is 19.3 Å². The second-order valence-corrected chi connectivity index (χ2v) is 4.94. The van der Waals surface area contributed by atoms with E-state index < -0.39 is 5.41 Å². The van der Waals surface area contributed by atoms with Crippen molar-refractivity contribution in [2.45, 2.75) is 34.6 Å². The van der Waals surface area contributed by atoms with Crippen LogP contribution < -0.4 is 5.49 Å². The number of nitrogens with zero attached hydrogens (tertiary/aromatic N) is 2. The molecule has 1 heterocycles. The highest BCUT2D eigenvalue weighted by molar-refractivity contribution is 5.82. The van der Waals surface area contributed by atoms with Gasteiger partial charge in [-0.05, 0) is 25.5 Å². The average molecular weight is 222 g/mol. The monoisotopic (exact) mass is 222 g/mol. The van der Waals surface area contributed by atoms with Crippen LogP contribution in [-0.2, 0) is 4.79 Å². The first-order valence-electron chi connectivity index (χ1n) is 5.21. The van der Waals surface area contributed by atoms with Gasteiger partial charge in [0.15, 0.2) is 5.49 Å². The fourth-order valence-corrected chi connectivity index (χ4v) is 1.09. The fourth-order valence-electron chi connectivity index (χ4n) is 1.09. The van der Waals surface area contributed by atoms with Crippen molar-refractivity contribution in [3.63, 3.8) is 0 Å². The van der Waals surface area contributed by atoms with Gasteiger partial charge in [-0.15, -0.1) is 0 Å². The smallest absolute Gasteiger partial charge is 0.253 e. The third-order valence-corrected chi connectivity index (χ3v) is 2.45. The molecule has 1 aromatic heterocycles. The Labute approximate surface area is 95.2 Å². The van der Waals surface area contributed by atoms with E-state index in [0.717, 1.165) is 10.3 Å². The Kier molecular flexibility index (Phi) is 3.21. The minimum Gasteiger partial charge on any atom is -0.427 e. The summed E-state index contributed by atoms with van der Waals surface area (Å²) in [4.78, 5) is 15.6. The first-order valence-corrected chi connectivity index (χ1v) is 5.21. The Morgan fingerprint density at radius 2 is 1.88 bits per heavy atom. The van der Waals surface area contributed by atoms with Gasteiger partial charge >= 0.3 is 0 Å². The molecule has 1 amide bonds. The topological polar surface area (TPSA) is 54.6 Å². The third-order valence-electron chi connectivity index (χ3n) is 2.45. The number of pyridine rings is 1. The zero-order chi connectivity index (χ0) is 12.5. The van der Waals surface area contributed by atoms with E-state index in [0.29, 0.717) is 5.69 Å². The molecule has 16 heavy (non-hydrogen) atoms. The van der Waals surface area contributed by atoms with Crippen molar-refractivity contribution >= 4 is 5.91 Å². The predicted octanol–water partition coefficient (Wildman–Crippen LogP) is 1.82. The van der Waals surface area contributed by atoms with Crippen LogP contribution in [0.4, 0.5) is 0 Å². The van der Waals surface area contributed by atoms with Gasteiger partial charge < -0.3 is 5.21 Å². The maximum Gasteiger partial charge on any atom is 0.253 e. The van der Waals surface area contributed by atoms with Crippen molar-refractivity contribution in [3.8, 4) is 0 Å². The number of aryl methyl sites for hydroxylation is 1. The summed E-state index contributed by atoms with van der Waals surface area (Å²) in [6.45, 7) is 9.04. The largest absolute Gasteiger partial charge is 0.427 e. The number of hydrogen-bond acceptors (Lipinski definition) is 2. The lowest BCUT2D eigenvalue weighted by atomic mass is 9.96. The molecular formula is C12H18N2O2. The summed E-state index contributed by atoms with van der Waals surface area (Å²) in [7, 11) is 0. The normalized spacial score (nSPS) is 12.9. The molecule has 0 atom stereocenters. The van der Waals surface area contributed by atoms with Gasteiger partial charge in [0.05, 0.1) is 5.69 Å². The van der Waals surface area contributed by atoms with Gasteiger partial charge in [-0.1, -0.05) is 26.8 Å². The van der Waals surface area contributed by atoms with Crippen LogP contribution >= 0.6 is 0 Å². The van der Waals surface area contributed by atoms with E-state index in [1.807, 2.05) is 13.0 Å². The van der Waals surface area contributed by atoms with Gasteiger partial charge in [-0.25, -0.2) is 0 Å². The van der Waals surface area contributed by atoms with E-state index in [4.69, 9.17) is 0 Å². The van der Waals surface area contributed by atoms with Crippen molar-refractivity contribution < 1.29 is 10.0 Å². The first kappa shape index (κ1) is 12.5. The minimum absolute atomic E-state index is 0.251. The van der Waals surface area contributed by atoms with Crippen molar-refractivity contribution in [2.24, 2.45) is 10.4 Å². The molecule has 1 N–H and O–H groups in total. The molecule has 0 aliphatic heterocycles. The van der Waals surface area contributed by atoms with Gasteiger partial charge in [0, 0.05) is 5.41 Å². The summed E-state index contributed by atoms with van der Waals surface area (Å²) in [5, 5.41) is 9.76. The number of carbonyl (C=O) groups is 1. The van der Waals surface area contributed by atoms with Crippen molar-refractivity contribution in [1.82, 2.24) is 4.73 Å². The number of hydrogen-bond donors (Lipinski definition) is 1. The number of aromatic nitrogens is 1. The molecule has 1 rings (SSSR count). The lowest BCUT2D eigenvalue weighted by molar-refractivity contribution is -0.125. The summed E-state index contributed by atoms with van der Waals surface area (Å²) >= 11 is 0. The minimum atomic E-state index is -0.536. The van der Waals surface area contributed by atoms with E-state index >= 15 is 0 Å². The quantitative estimate of drug-likeness (QED) is 0.681. The molecule has 0 fully saturated rings. The molecule has 0 aliphatic carbocycles. The van der Waals surface area contributed by atoms with Crippen molar-refractivity contribution in [3.05, 3.63) is 28.9 Å². The van der Waals surface area contributed by atoms with Crippen molar-refractivity contribution in [1.29, 1.82) is 0 Å². The highest BCUT2D eigenvalue weighted by Gasteiger charge is 2.20. The Morgan fingerprint density at radius 1 is 1.31 bits per heavy atom. The molecule has 0 aliphatic rings. The summed E-state index contributed by atoms with van der Waals surface area (Å²) in [5.74, 6) is -0.251. The average Bonchev–Trinajstić information content (AvgIpc) is 2.17. The van der Waals surface area contributed by atoms with Crippen LogP contribution in [0.25, 0.3) is 0 Å². The SMILES string of the molecule is Cc1ccc(=NC(=O)C(C)(C)C)n(O)c1C. The molecule has 0 aromatic carbocycles. The Bertz CT molecular complexity index is 479. The Hall–Kier alpha value is -1.58. The molecule has 0 saturated heterocycles. The molecule has 0 unspecified atom stereocenters. The van der Waals surface area contributed by atoms with E-state index in [1.54, 1.807) is 33.8 Å². The molecule has 88 valence electrons. The summed E-state index contributed by atoms with van der Waals surface area (Å²) < 4.78 is 0.943. The van der Waals surface area contributed by atoms with Gasteiger partial charge in [-0.2, -0.15) is 9.72 Å². The standard InChI is InChI=1S/C12H18N2O2/c1-8-6-7-10(14(16)9(8)2)13-11(15)12(3,4)5/h6-7,16H,1-5H3. The zero-order valence-corrected chi connectivity index (χ0v) is 10.4. The Balaban J connectivity index is 3.31. The van der Waals surface area contributed by atoms with Crippen LogP contribution in [0.5, 0.6) is 0 Å². The molecule has 4 nitrogen and oxygen atoms in total. The molecule has 0 saturated carbocycles. The molecule has 0 spiro atoms. The van der Waals surface area contributed by atoms with Gasteiger partial charge in [-0.3, -0.25) is 4.79 Å². The fraction of sp³-hybridized carbons (Fsp3) is 0.500. The maximum absolute atomic E-state index is 11.7. The predicted molar refractivity (Wildman–Crippen MR) is 61.1 cm³/mol. The zero-order valence-electron chi connectivity index (χ0n) is 10.4. The molecule has 4 heteroatoms. The maximum atomic E-state index is 11.7. The highest BCUT2D eigenvalue weighted by Crippen LogP contribution is 2.14. The van der Waals surface area contributed by atoms with Crippen LogP contribution in [0.15, 0.2) is 17.1 Å². The van der Waals surface area contributed by atoms with E-state index in [1.165, 1.54) is 0 Å². The van der Waals surface area contributed by atoms with Crippen LogP contribution in [-0.4, -0.2) is 15.8 Å². The molecule has 0 radical (unpaired) electrons. The Morgan fingerprint density at radius 3 is 2.38 bits per heavy atom. The van der Waals surface area contributed by atoms with E-state index in [9.17, 15) is 10.0 Å². The van der Waals surface area contributed by atoms with Crippen LogP contribution in [0.1, 0.15) is 32.0 Å². The second kappa shape index (κ2) is 4.12. The first-order chi connectivity index (χ1) is 7.23. The number of rotatable bonds is 0. The third kappa shape index (κ3) is 2.51. The highest BCUT2D eigenvalue weighted by atomic mass is 16.5. The van der Waals surface area contributed by atoms with Crippen LogP contribution in [0.2, 0.25) is 0 Å². The summed E-state index contributed by atoms with van der Waals surface area (Å²) in [5.41, 5.74) is 1.36. The van der Waals surface area contributed by atoms with Crippen LogP contribution in [0.3, 0.4) is 0 Å². The van der Waals surface area contributed by atoms with Crippen molar-refractivity contribution in [2.75, 3.05) is 0 Å². The summed E-state index contributed by atoms with van der Waals surface area (Å²) in [6, 6.07) is 3.46. The number of amides is 1. The van der Waals surface area contributed by atoms with Gasteiger partial charge in [0.25, 0.3) is 5.91 Å². The number of carbonyl (C=O) groups excluding carboxylic acids is 1. The molecule has 1 aromatic rings. The van der Waals surface area contributed by atoms with Gasteiger partial charge in [0.2, 0.25) is 0 Å². The second-order valence-electron chi connectivity index (χ2n) is 4.94. The lowest BCUT2D eigenvalue weighted by Crippen LogP contribution is -2.27. The lowest BCUT2D eigenvalue weighted by Gasteiger charge is -2.12. The van der Waals surface area contributed by atoms with Gasteiger partial charge in [0.1, 0.15) is 0 Å². The van der Waals surface area contributed by atoms with E-state index in [2.05, 4.69) is 4.99 Å². The van der Waals surface area contributed by atoms with E-state index in [-0.39, 0.29) is 11.4 Å². The summed E-state index contributed by atoms with van der Waals surface area (Å²) in [6.07, 6.45) is 0. The molecular weight excluding hydrogens is 204 g/mol. The molecule has 0 bridgehead atoms.